The molecule has 0 aromatic heterocycles. The molecule has 0 bridgehead atoms. The fourth-order valence-corrected chi connectivity index (χ4v) is 2.60. The fourth-order valence-electron chi connectivity index (χ4n) is 2.60. The van der Waals surface area contributed by atoms with Crippen molar-refractivity contribution >= 4 is 11.6 Å². The van der Waals surface area contributed by atoms with E-state index in [9.17, 15) is 4.79 Å². The molecule has 0 aliphatic heterocycles. The monoisotopic (exact) mass is 280 g/mol. The Morgan fingerprint density at radius 2 is 1.90 bits per heavy atom. The number of carbonyl (C=O) groups is 1. The lowest BCUT2D eigenvalue weighted by Gasteiger charge is -2.19. The third kappa shape index (κ3) is 3.07. The molecular weight excluding hydrogens is 260 g/mol. The van der Waals surface area contributed by atoms with E-state index in [1.54, 1.807) is 12.1 Å². The zero-order chi connectivity index (χ0) is 14.8. The lowest BCUT2D eigenvalue weighted by atomic mass is 10.0. The molecule has 1 aliphatic rings. The van der Waals surface area contributed by atoms with Crippen molar-refractivity contribution in [3.8, 4) is 0 Å². The smallest absolute Gasteiger partial charge is 0.251 e. The molecule has 1 unspecified atom stereocenters. The first-order chi connectivity index (χ1) is 10.1. The fraction of sp³-hybridized carbons (Fsp3) is 0.278. The van der Waals surface area contributed by atoms with Gasteiger partial charge in [-0.3, -0.25) is 4.79 Å². The number of rotatable bonds is 4. The summed E-state index contributed by atoms with van der Waals surface area (Å²) < 4.78 is 0. The zero-order valence-electron chi connectivity index (χ0n) is 12.2. The Labute approximate surface area is 125 Å². The SMILES string of the molecule is Cc1cc(C(=O)NC(c2ccccc2)C2CC2)ccc1N. The van der Waals surface area contributed by atoms with Crippen LogP contribution in [0.2, 0.25) is 0 Å². The lowest BCUT2D eigenvalue weighted by molar-refractivity contribution is 0.0931. The van der Waals surface area contributed by atoms with Gasteiger partial charge in [0.1, 0.15) is 0 Å². The van der Waals surface area contributed by atoms with Crippen molar-refractivity contribution in [2.45, 2.75) is 25.8 Å². The summed E-state index contributed by atoms with van der Waals surface area (Å²) in [5.74, 6) is 0.532. The lowest BCUT2D eigenvalue weighted by Crippen LogP contribution is -2.29. The molecule has 1 fully saturated rings. The molecule has 2 aromatic rings. The van der Waals surface area contributed by atoms with Crippen molar-refractivity contribution in [3.63, 3.8) is 0 Å². The highest BCUT2D eigenvalue weighted by Gasteiger charge is 2.33. The molecule has 0 radical (unpaired) electrons. The number of nitrogens with two attached hydrogens (primary N) is 1. The predicted molar refractivity (Wildman–Crippen MR) is 85.0 cm³/mol. The highest BCUT2D eigenvalue weighted by Crippen LogP contribution is 2.41. The van der Waals surface area contributed by atoms with Crippen molar-refractivity contribution in [1.82, 2.24) is 5.32 Å². The number of anilines is 1. The Bertz CT molecular complexity index is 648. The van der Waals surface area contributed by atoms with E-state index in [0.717, 1.165) is 5.56 Å². The van der Waals surface area contributed by atoms with Gasteiger partial charge in [-0.25, -0.2) is 0 Å². The molecule has 21 heavy (non-hydrogen) atoms. The van der Waals surface area contributed by atoms with E-state index in [4.69, 9.17) is 5.73 Å². The summed E-state index contributed by atoms with van der Waals surface area (Å²) in [6.07, 6.45) is 2.36. The molecule has 3 nitrogen and oxygen atoms in total. The Balaban J connectivity index is 1.79. The molecule has 1 saturated carbocycles. The van der Waals surface area contributed by atoms with Crippen LogP contribution in [0.4, 0.5) is 5.69 Å². The number of amides is 1. The van der Waals surface area contributed by atoms with Gasteiger partial charge in [0.15, 0.2) is 0 Å². The minimum absolute atomic E-state index is 0.0288. The maximum atomic E-state index is 12.5. The third-order valence-electron chi connectivity index (χ3n) is 4.07. The van der Waals surface area contributed by atoms with Gasteiger partial charge in [-0.2, -0.15) is 0 Å². The van der Waals surface area contributed by atoms with Crippen LogP contribution in [0, 0.1) is 12.8 Å². The average molecular weight is 280 g/mol. The van der Waals surface area contributed by atoms with Crippen molar-refractivity contribution in [2.75, 3.05) is 5.73 Å². The van der Waals surface area contributed by atoms with E-state index in [1.807, 2.05) is 31.2 Å². The first-order valence-electron chi connectivity index (χ1n) is 7.37. The number of hydrogen-bond donors (Lipinski definition) is 2. The van der Waals surface area contributed by atoms with Crippen LogP contribution in [-0.4, -0.2) is 5.91 Å². The molecule has 1 amide bonds. The first-order valence-corrected chi connectivity index (χ1v) is 7.37. The van der Waals surface area contributed by atoms with Gasteiger partial charge in [0.25, 0.3) is 5.91 Å². The van der Waals surface area contributed by atoms with Crippen LogP contribution >= 0.6 is 0 Å². The second-order valence-electron chi connectivity index (χ2n) is 5.77. The number of hydrogen-bond acceptors (Lipinski definition) is 2. The minimum Gasteiger partial charge on any atom is -0.399 e. The van der Waals surface area contributed by atoms with Crippen LogP contribution in [0.15, 0.2) is 48.5 Å². The average Bonchev–Trinajstić information content (AvgIpc) is 3.33. The second-order valence-corrected chi connectivity index (χ2v) is 5.77. The highest BCUT2D eigenvalue weighted by molar-refractivity contribution is 5.95. The van der Waals surface area contributed by atoms with Gasteiger partial charge in [0, 0.05) is 11.3 Å². The summed E-state index contributed by atoms with van der Waals surface area (Å²) in [4.78, 5) is 12.5. The van der Waals surface area contributed by atoms with Crippen LogP contribution in [0.25, 0.3) is 0 Å². The normalized spacial score (nSPS) is 15.5. The molecule has 1 aliphatic carbocycles. The Morgan fingerprint density at radius 3 is 2.52 bits per heavy atom. The molecule has 2 aromatic carbocycles. The van der Waals surface area contributed by atoms with Gasteiger partial charge in [-0.1, -0.05) is 30.3 Å². The molecule has 3 N–H and O–H groups in total. The standard InChI is InChI=1S/C18H20N2O/c1-12-11-15(9-10-16(12)19)18(21)20-17(14-7-8-14)13-5-3-2-4-6-13/h2-6,9-11,14,17H,7-8,19H2,1H3,(H,20,21). The zero-order valence-corrected chi connectivity index (χ0v) is 12.2. The highest BCUT2D eigenvalue weighted by atomic mass is 16.1. The number of benzene rings is 2. The van der Waals surface area contributed by atoms with Crippen LogP contribution in [0.5, 0.6) is 0 Å². The van der Waals surface area contributed by atoms with Crippen LogP contribution in [0.1, 0.15) is 40.4 Å². The molecule has 0 saturated heterocycles. The molecular formula is C18H20N2O. The predicted octanol–water partition coefficient (Wildman–Crippen LogP) is 3.46. The minimum atomic E-state index is -0.0288. The number of nitrogen functional groups attached to an aromatic ring is 1. The van der Waals surface area contributed by atoms with E-state index >= 15 is 0 Å². The molecule has 0 heterocycles. The van der Waals surface area contributed by atoms with E-state index in [-0.39, 0.29) is 11.9 Å². The third-order valence-corrected chi connectivity index (χ3v) is 4.07. The summed E-state index contributed by atoms with van der Waals surface area (Å²) in [5.41, 5.74) is 9.31. The number of carbonyl (C=O) groups excluding carboxylic acids is 1. The molecule has 3 heteroatoms. The van der Waals surface area contributed by atoms with Gasteiger partial charge in [-0.05, 0) is 55.0 Å². The Kier molecular flexibility index (Phi) is 3.65. The van der Waals surface area contributed by atoms with Crippen LogP contribution in [-0.2, 0) is 0 Å². The topological polar surface area (TPSA) is 55.1 Å². The summed E-state index contributed by atoms with van der Waals surface area (Å²) in [7, 11) is 0. The molecule has 1 atom stereocenters. The summed E-state index contributed by atoms with van der Waals surface area (Å²) >= 11 is 0. The van der Waals surface area contributed by atoms with Gasteiger partial charge in [0.2, 0.25) is 0 Å². The summed E-state index contributed by atoms with van der Waals surface area (Å²) in [6.45, 7) is 1.92. The quantitative estimate of drug-likeness (QED) is 0.843. The summed E-state index contributed by atoms with van der Waals surface area (Å²) in [6, 6.07) is 15.7. The maximum absolute atomic E-state index is 12.5. The molecule has 3 rings (SSSR count). The Morgan fingerprint density at radius 1 is 1.19 bits per heavy atom. The van der Waals surface area contributed by atoms with Crippen molar-refractivity contribution in [1.29, 1.82) is 0 Å². The van der Waals surface area contributed by atoms with E-state index in [1.165, 1.54) is 18.4 Å². The molecule has 0 spiro atoms. The summed E-state index contributed by atoms with van der Waals surface area (Å²) in [5, 5.41) is 3.18. The van der Waals surface area contributed by atoms with Gasteiger partial charge in [-0.15, -0.1) is 0 Å². The maximum Gasteiger partial charge on any atom is 0.251 e. The van der Waals surface area contributed by atoms with Gasteiger partial charge >= 0.3 is 0 Å². The van der Waals surface area contributed by atoms with E-state index in [2.05, 4.69) is 17.4 Å². The van der Waals surface area contributed by atoms with Gasteiger partial charge < -0.3 is 11.1 Å². The molecule has 108 valence electrons. The largest absolute Gasteiger partial charge is 0.399 e. The Hall–Kier alpha value is -2.29. The van der Waals surface area contributed by atoms with Crippen molar-refractivity contribution in [3.05, 3.63) is 65.2 Å². The number of nitrogens with one attached hydrogen (secondary N) is 1. The second kappa shape index (κ2) is 5.60. The van der Waals surface area contributed by atoms with E-state index < -0.39 is 0 Å². The van der Waals surface area contributed by atoms with E-state index in [0.29, 0.717) is 17.2 Å². The van der Waals surface area contributed by atoms with Crippen molar-refractivity contribution < 1.29 is 4.79 Å². The van der Waals surface area contributed by atoms with Crippen molar-refractivity contribution in [2.24, 2.45) is 5.92 Å². The van der Waals surface area contributed by atoms with Crippen LogP contribution in [0.3, 0.4) is 0 Å². The van der Waals surface area contributed by atoms with Crippen LogP contribution < -0.4 is 11.1 Å². The number of aryl methyl sites for hydroxylation is 1. The first kappa shape index (κ1) is 13.7. The van der Waals surface area contributed by atoms with Gasteiger partial charge in [0.05, 0.1) is 6.04 Å².